The van der Waals surface area contributed by atoms with Gasteiger partial charge in [-0.2, -0.15) is 0 Å². The number of ether oxygens (including phenoxy) is 1. The molecular weight excluding hydrogens is 312 g/mol. The molecular formula is C20H20N4O. The van der Waals surface area contributed by atoms with E-state index < -0.39 is 0 Å². The molecule has 0 aliphatic carbocycles. The van der Waals surface area contributed by atoms with Gasteiger partial charge in [-0.3, -0.25) is 4.98 Å². The summed E-state index contributed by atoms with van der Waals surface area (Å²) in [5.41, 5.74) is 1.89. The molecule has 0 spiro atoms. The number of hydrogen-bond acceptors (Lipinski definition) is 5. The van der Waals surface area contributed by atoms with Gasteiger partial charge < -0.3 is 9.64 Å². The van der Waals surface area contributed by atoms with Crippen LogP contribution in [-0.4, -0.2) is 34.1 Å². The number of anilines is 1. The summed E-state index contributed by atoms with van der Waals surface area (Å²) in [4.78, 5) is 15.7. The minimum Gasteiger partial charge on any atom is -0.489 e. The van der Waals surface area contributed by atoms with Gasteiger partial charge in [-0.05, 0) is 31.2 Å². The maximum atomic E-state index is 6.08. The smallest absolute Gasteiger partial charge is 0.163 e. The average Bonchev–Trinajstić information content (AvgIpc) is 3.11. The number of aryl methyl sites for hydroxylation is 1. The van der Waals surface area contributed by atoms with Crippen LogP contribution in [0.15, 0.2) is 60.9 Å². The van der Waals surface area contributed by atoms with E-state index in [0.29, 0.717) is 0 Å². The molecule has 4 rings (SSSR count). The first-order valence-corrected chi connectivity index (χ1v) is 8.51. The van der Waals surface area contributed by atoms with Crippen LogP contribution in [-0.2, 0) is 0 Å². The molecule has 25 heavy (non-hydrogen) atoms. The standard InChI is InChI=1S/C20H20N4O/c1-15-12-19(23-20(22-15)16-6-5-10-21-13-16)24-11-9-18(14-24)25-17-7-3-2-4-8-17/h2-8,10,12-13,18H,9,11,14H2,1H3/t18-/m0/s1. The van der Waals surface area contributed by atoms with E-state index in [9.17, 15) is 0 Å². The number of aromatic nitrogens is 3. The first kappa shape index (κ1) is 15.6. The highest BCUT2D eigenvalue weighted by atomic mass is 16.5. The lowest BCUT2D eigenvalue weighted by molar-refractivity contribution is 0.225. The van der Waals surface area contributed by atoms with E-state index in [1.807, 2.05) is 55.5 Å². The Morgan fingerprint density at radius 3 is 2.76 bits per heavy atom. The number of nitrogens with zero attached hydrogens (tertiary/aromatic N) is 4. The van der Waals surface area contributed by atoms with E-state index in [4.69, 9.17) is 9.72 Å². The fraction of sp³-hybridized carbons (Fsp3) is 0.250. The van der Waals surface area contributed by atoms with E-state index in [-0.39, 0.29) is 6.10 Å². The lowest BCUT2D eigenvalue weighted by Crippen LogP contribution is -2.25. The molecule has 126 valence electrons. The van der Waals surface area contributed by atoms with Gasteiger partial charge in [0.05, 0.1) is 6.54 Å². The molecule has 3 aromatic rings. The molecule has 1 fully saturated rings. The molecule has 0 unspecified atom stereocenters. The SMILES string of the molecule is Cc1cc(N2CC[C@H](Oc3ccccc3)C2)nc(-c2cccnc2)n1. The van der Waals surface area contributed by atoms with Crippen molar-refractivity contribution in [2.45, 2.75) is 19.4 Å². The van der Waals surface area contributed by atoms with Gasteiger partial charge in [0.1, 0.15) is 17.7 Å². The number of hydrogen-bond donors (Lipinski definition) is 0. The van der Waals surface area contributed by atoms with Crippen LogP contribution in [0.4, 0.5) is 5.82 Å². The Morgan fingerprint density at radius 1 is 1.08 bits per heavy atom. The summed E-state index contributed by atoms with van der Waals surface area (Å²) < 4.78 is 6.08. The molecule has 5 nitrogen and oxygen atoms in total. The highest BCUT2D eigenvalue weighted by Crippen LogP contribution is 2.24. The second-order valence-corrected chi connectivity index (χ2v) is 6.22. The Bertz CT molecular complexity index is 839. The first-order chi connectivity index (χ1) is 12.3. The fourth-order valence-corrected chi connectivity index (χ4v) is 3.06. The Hall–Kier alpha value is -2.95. The van der Waals surface area contributed by atoms with Crippen molar-refractivity contribution in [2.24, 2.45) is 0 Å². The van der Waals surface area contributed by atoms with Crippen LogP contribution in [0.3, 0.4) is 0 Å². The number of rotatable bonds is 4. The van der Waals surface area contributed by atoms with Gasteiger partial charge in [0.2, 0.25) is 0 Å². The molecule has 5 heteroatoms. The number of para-hydroxylation sites is 1. The molecule has 1 aromatic carbocycles. The number of benzene rings is 1. The minimum absolute atomic E-state index is 0.180. The Kier molecular flexibility index (Phi) is 4.29. The molecule has 0 saturated carbocycles. The van der Waals surface area contributed by atoms with Crippen molar-refractivity contribution in [3.8, 4) is 17.1 Å². The van der Waals surface area contributed by atoms with Crippen LogP contribution in [0.2, 0.25) is 0 Å². The largest absolute Gasteiger partial charge is 0.489 e. The molecule has 2 aromatic heterocycles. The second kappa shape index (κ2) is 6.89. The lowest BCUT2D eigenvalue weighted by Gasteiger charge is -2.19. The summed E-state index contributed by atoms with van der Waals surface area (Å²) in [5, 5.41) is 0. The van der Waals surface area contributed by atoms with Gasteiger partial charge in [-0.1, -0.05) is 18.2 Å². The summed E-state index contributed by atoms with van der Waals surface area (Å²) in [6, 6.07) is 15.9. The van der Waals surface area contributed by atoms with E-state index in [1.54, 1.807) is 12.4 Å². The fourth-order valence-electron chi connectivity index (χ4n) is 3.06. The van der Waals surface area contributed by atoms with Gasteiger partial charge in [-0.15, -0.1) is 0 Å². The van der Waals surface area contributed by atoms with E-state index in [1.165, 1.54) is 0 Å². The summed E-state index contributed by atoms with van der Waals surface area (Å²) in [7, 11) is 0. The van der Waals surface area contributed by atoms with Crippen LogP contribution in [0.1, 0.15) is 12.1 Å². The summed E-state index contributed by atoms with van der Waals surface area (Å²) in [6.45, 7) is 3.76. The summed E-state index contributed by atoms with van der Waals surface area (Å²) in [5.74, 6) is 2.59. The quantitative estimate of drug-likeness (QED) is 0.732. The topological polar surface area (TPSA) is 51.1 Å². The van der Waals surface area contributed by atoms with Crippen molar-refractivity contribution < 1.29 is 4.74 Å². The van der Waals surface area contributed by atoms with Crippen molar-refractivity contribution in [2.75, 3.05) is 18.0 Å². The third-order valence-corrected chi connectivity index (χ3v) is 4.28. The zero-order valence-corrected chi connectivity index (χ0v) is 14.2. The van der Waals surface area contributed by atoms with Crippen molar-refractivity contribution in [1.29, 1.82) is 0 Å². The van der Waals surface area contributed by atoms with Crippen LogP contribution >= 0.6 is 0 Å². The number of pyridine rings is 1. The van der Waals surface area contributed by atoms with Crippen molar-refractivity contribution in [1.82, 2.24) is 15.0 Å². The van der Waals surface area contributed by atoms with Crippen molar-refractivity contribution in [3.63, 3.8) is 0 Å². The van der Waals surface area contributed by atoms with E-state index in [2.05, 4.69) is 14.9 Å². The maximum absolute atomic E-state index is 6.08. The molecule has 0 N–H and O–H groups in total. The minimum atomic E-state index is 0.180. The molecule has 3 heterocycles. The second-order valence-electron chi connectivity index (χ2n) is 6.22. The van der Waals surface area contributed by atoms with Gasteiger partial charge in [-0.25, -0.2) is 9.97 Å². The highest BCUT2D eigenvalue weighted by Gasteiger charge is 2.25. The normalized spacial score (nSPS) is 16.8. The van der Waals surface area contributed by atoms with Crippen LogP contribution in [0.25, 0.3) is 11.4 Å². The Morgan fingerprint density at radius 2 is 1.96 bits per heavy atom. The van der Waals surface area contributed by atoms with E-state index in [0.717, 1.165) is 48.2 Å². The third-order valence-electron chi connectivity index (χ3n) is 4.28. The Labute approximate surface area is 147 Å². The van der Waals surface area contributed by atoms with E-state index >= 15 is 0 Å². The zero-order valence-electron chi connectivity index (χ0n) is 14.2. The molecule has 1 aliphatic heterocycles. The monoisotopic (exact) mass is 332 g/mol. The van der Waals surface area contributed by atoms with Crippen LogP contribution in [0, 0.1) is 6.92 Å². The van der Waals surface area contributed by atoms with Crippen LogP contribution < -0.4 is 9.64 Å². The van der Waals surface area contributed by atoms with Crippen molar-refractivity contribution >= 4 is 5.82 Å². The third kappa shape index (κ3) is 3.60. The lowest BCUT2D eigenvalue weighted by atomic mass is 10.2. The highest BCUT2D eigenvalue weighted by molar-refractivity contribution is 5.57. The summed E-state index contributed by atoms with van der Waals surface area (Å²) in [6.07, 6.45) is 4.72. The van der Waals surface area contributed by atoms with Crippen molar-refractivity contribution in [3.05, 3.63) is 66.6 Å². The molecule has 1 aliphatic rings. The molecule has 1 atom stereocenters. The predicted octanol–water partition coefficient (Wildman–Crippen LogP) is 3.50. The zero-order chi connectivity index (χ0) is 17.1. The molecule has 0 bridgehead atoms. The first-order valence-electron chi connectivity index (χ1n) is 8.51. The average molecular weight is 332 g/mol. The van der Waals surface area contributed by atoms with Gasteiger partial charge in [0.15, 0.2) is 5.82 Å². The summed E-state index contributed by atoms with van der Waals surface area (Å²) >= 11 is 0. The van der Waals surface area contributed by atoms with Gasteiger partial charge >= 0.3 is 0 Å². The molecule has 0 radical (unpaired) electrons. The molecule has 0 amide bonds. The van der Waals surface area contributed by atoms with Crippen LogP contribution in [0.5, 0.6) is 5.75 Å². The maximum Gasteiger partial charge on any atom is 0.163 e. The van der Waals surface area contributed by atoms with Gasteiger partial charge in [0, 0.05) is 42.7 Å². The van der Waals surface area contributed by atoms with Gasteiger partial charge in [0.25, 0.3) is 0 Å². The predicted molar refractivity (Wildman–Crippen MR) is 97.7 cm³/mol. The Balaban J connectivity index is 1.52. The molecule has 1 saturated heterocycles.